The number of fused-ring (bicyclic) bond motifs is 1. The monoisotopic (exact) mass is 315 g/mol. The lowest BCUT2D eigenvalue weighted by atomic mass is 9.90. The number of nitrogens with zero attached hydrogens (tertiary/aromatic N) is 2. The third-order valence-electron chi connectivity index (χ3n) is 4.74. The first-order chi connectivity index (χ1) is 10.7. The van der Waals surface area contributed by atoms with E-state index in [0.29, 0.717) is 12.1 Å². The molecule has 2 heterocycles. The van der Waals surface area contributed by atoms with Crippen molar-refractivity contribution in [2.75, 3.05) is 12.8 Å². The van der Waals surface area contributed by atoms with Gasteiger partial charge in [-0.3, -0.25) is 0 Å². The summed E-state index contributed by atoms with van der Waals surface area (Å²) in [6, 6.07) is 0.217. The number of hydrogen-bond acceptors (Lipinski definition) is 4. The van der Waals surface area contributed by atoms with E-state index in [1.165, 1.54) is 11.1 Å². The van der Waals surface area contributed by atoms with Crippen LogP contribution in [0.2, 0.25) is 0 Å². The molecular weight excluding hydrogens is 290 g/mol. The van der Waals surface area contributed by atoms with Gasteiger partial charge in [-0.2, -0.15) is 12.6 Å². The van der Waals surface area contributed by atoms with Crippen molar-refractivity contribution >= 4 is 12.6 Å². The van der Waals surface area contributed by atoms with Crippen LogP contribution in [0.4, 0.5) is 0 Å². The van der Waals surface area contributed by atoms with Crippen molar-refractivity contribution in [3.8, 4) is 0 Å². The van der Waals surface area contributed by atoms with E-state index in [-0.39, 0.29) is 6.04 Å². The Balaban J connectivity index is 1.72. The van der Waals surface area contributed by atoms with Crippen molar-refractivity contribution in [2.45, 2.75) is 31.5 Å². The van der Waals surface area contributed by atoms with Gasteiger partial charge < -0.3 is 15.5 Å². The van der Waals surface area contributed by atoms with E-state index >= 15 is 0 Å². The summed E-state index contributed by atoms with van der Waals surface area (Å²) in [5.74, 6) is 1.31. The SMILES string of the molecule is CN1C=CN2C=CC=C(C3=CC=CC(C(N)CCS)CC3)C12. The van der Waals surface area contributed by atoms with Crippen LogP contribution in [0.5, 0.6) is 0 Å². The smallest absolute Gasteiger partial charge is 0.131 e. The Morgan fingerprint density at radius 2 is 2.14 bits per heavy atom. The van der Waals surface area contributed by atoms with Gasteiger partial charge >= 0.3 is 0 Å². The van der Waals surface area contributed by atoms with Crippen LogP contribution in [0, 0.1) is 5.92 Å². The van der Waals surface area contributed by atoms with Gasteiger partial charge in [0.15, 0.2) is 0 Å². The van der Waals surface area contributed by atoms with Gasteiger partial charge in [-0.05, 0) is 48.2 Å². The third kappa shape index (κ3) is 3.03. The normalized spacial score (nSPS) is 28.3. The molecule has 22 heavy (non-hydrogen) atoms. The maximum atomic E-state index is 6.28. The number of thiol groups is 1. The standard InChI is InChI=1S/C18H25N3S/c1-20-11-12-21-10-3-6-16(18(20)21)14-4-2-5-15(8-7-14)17(19)9-13-22/h2-6,10-12,15,17-18,22H,7-9,13,19H2,1H3. The van der Waals surface area contributed by atoms with Gasteiger partial charge in [0.25, 0.3) is 0 Å². The van der Waals surface area contributed by atoms with Crippen molar-refractivity contribution < 1.29 is 0 Å². The largest absolute Gasteiger partial charge is 0.355 e. The molecule has 3 aliphatic rings. The first-order valence-corrected chi connectivity index (χ1v) is 8.64. The highest BCUT2D eigenvalue weighted by atomic mass is 32.1. The fourth-order valence-corrected chi connectivity index (χ4v) is 3.75. The molecule has 0 spiro atoms. The lowest BCUT2D eigenvalue weighted by Gasteiger charge is -2.33. The van der Waals surface area contributed by atoms with Gasteiger partial charge in [-0.1, -0.05) is 24.3 Å². The highest BCUT2D eigenvalue weighted by molar-refractivity contribution is 7.80. The van der Waals surface area contributed by atoms with Crippen molar-refractivity contribution in [1.29, 1.82) is 0 Å². The van der Waals surface area contributed by atoms with Crippen molar-refractivity contribution in [3.05, 3.63) is 60.1 Å². The van der Waals surface area contributed by atoms with Crippen LogP contribution in [0.3, 0.4) is 0 Å². The molecule has 2 aliphatic heterocycles. The zero-order chi connectivity index (χ0) is 15.5. The quantitative estimate of drug-likeness (QED) is 0.782. The van der Waals surface area contributed by atoms with E-state index < -0.39 is 0 Å². The molecule has 0 bridgehead atoms. The molecule has 0 saturated carbocycles. The molecule has 0 saturated heterocycles. The third-order valence-corrected chi connectivity index (χ3v) is 5.00. The van der Waals surface area contributed by atoms with E-state index in [1.54, 1.807) is 0 Å². The minimum absolute atomic E-state index is 0.217. The predicted octanol–water partition coefficient (Wildman–Crippen LogP) is 3.02. The molecule has 1 aliphatic carbocycles. The Morgan fingerprint density at radius 1 is 1.27 bits per heavy atom. The molecule has 3 unspecified atom stereocenters. The van der Waals surface area contributed by atoms with Crippen LogP contribution in [0.25, 0.3) is 0 Å². The number of hydrogen-bond donors (Lipinski definition) is 2. The first-order valence-electron chi connectivity index (χ1n) is 8.01. The zero-order valence-electron chi connectivity index (χ0n) is 13.1. The summed E-state index contributed by atoms with van der Waals surface area (Å²) in [5, 5.41) is 0. The molecule has 3 rings (SSSR count). The van der Waals surface area contributed by atoms with Gasteiger partial charge in [0.05, 0.1) is 0 Å². The summed E-state index contributed by atoms with van der Waals surface area (Å²) in [7, 11) is 2.13. The summed E-state index contributed by atoms with van der Waals surface area (Å²) < 4.78 is 0. The lowest BCUT2D eigenvalue weighted by Crippen LogP contribution is -2.37. The van der Waals surface area contributed by atoms with E-state index in [0.717, 1.165) is 25.0 Å². The summed E-state index contributed by atoms with van der Waals surface area (Å²) >= 11 is 4.31. The molecule has 0 fully saturated rings. The molecule has 4 heteroatoms. The topological polar surface area (TPSA) is 32.5 Å². The summed E-state index contributed by atoms with van der Waals surface area (Å²) in [5.41, 5.74) is 9.10. The van der Waals surface area contributed by atoms with Gasteiger partial charge in [0, 0.05) is 31.7 Å². The molecule has 0 radical (unpaired) electrons. The van der Waals surface area contributed by atoms with Crippen LogP contribution < -0.4 is 5.73 Å². The van der Waals surface area contributed by atoms with Crippen LogP contribution in [-0.2, 0) is 0 Å². The van der Waals surface area contributed by atoms with Crippen LogP contribution >= 0.6 is 12.6 Å². The minimum Gasteiger partial charge on any atom is -0.355 e. The Hall–Kier alpha value is -1.39. The van der Waals surface area contributed by atoms with E-state index in [4.69, 9.17) is 5.73 Å². The first kappa shape index (κ1) is 15.5. The fourth-order valence-electron chi connectivity index (χ4n) is 3.45. The van der Waals surface area contributed by atoms with E-state index in [9.17, 15) is 0 Å². The number of nitrogens with two attached hydrogens (primary N) is 1. The minimum atomic E-state index is 0.217. The number of likely N-dealkylation sites (N-methyl/N-ethyl adjacent to an activating group) is 1. The van der Waals surface area contributed by atoms with Gasteiger partial charge in [0.1, 0.15) is 6.17 Å². The Kier molecular flexibility index (Phi) is 4.79. The molecular formula is C18H25N3S. The predicted molar refractivity (Wildman–Crippen MR) is 96.1 cm³/mol. The average molecular weight is 315 g/mol. The van der Waals surface area contributed by atoms with Gasteiger partial charge in [0.2, 0.25) is 0 Å². The second-order valence-electron chi connectivity index (χ2n) is 6.20. The average Bonchev–Trinajstić information content (AvgIpc) is 2.75. The van der Waals surface area contributed by atoms with Crippen molar-refractivity contribution in [1.82, 2.24) is 9.80 Å². The highest BCUT2D eigenvalue weighted by Crippen LogP contribution is 2.33. The maximum Gasteiger partial charge on any atom is 0.131 e. The van der Waals surface area contributed by atoms with Gasteiger partial charge in [-0.25, -0.2) is 0 Å². The van der Waals surface area contributed by atoms with Crippen LogP contribution in [0.1, 0.15) is 19.3 Å². The molecule has 0 amide bonds. The second-order valence-corrected chi connectivity index (χ2v) is 6.65. The summed E-state index contributed by atoms with van der Waals surface area (Å²) in [6.07, 6.45) is 21.0. The van der Waals surface area contributed by atoms with Crippen LogP contribution in [0.15, 0.2) is 60.1 Å². The molecule has 3 nitrogen and oxygen atoms in total. The number of allylic oxidation sites excluding steroid dienone is 4. The van der Waals surface area contributed by atoms with Crippen molar-refractivity contribution in [3.63, 3.8) is 0 Å². The summed E-state index contributed by atoms with van der Waals surface area (Å²) in [6.45, 7) is 0. The maximum absolute atomic E-state index is 6.28. The zero-order valence-corrected chi connectivity index (χ0v) is 14.0. The Labute approximate surface area is 138 Å². The number of rotatable bonds is 4. The van der Waals surface area contributed by atoms with Crippen molar-refractivity contribution in [2.24, 2.45) is 11.7 Å². The lowest BCUT2D eigenvalue weighted by molar-refractivity contribution is 0.262. The fraction of sp³-hybridized carbons (Fsp3) is 0.444. The van der Waals surface area contributed by atoms with Crippen LogP contribution in [-0.4, -0.2) is 34.8 Å². The molecule has 0 aromatic heterocycles. The van der Waals surface area contributed by atoms with E-state index in [1.807, 2.05) is 0 Å². The van der Waals surface area contributed by atoms with E-state index in [2.05, 4.69) is 78.5 Å². The molecule has 118 valence electrons. The Bertz CT molecular complexity index is 559. The molecule has 2 N–H and O–H groups in total. The second kappa shape index (κ2) is 6.80. The molecule has 0 aromatic carbocycles. The summed E-state index contributed by atoms with van der Waals surface area (Å²) in [4.78, 5) is 4.52. The molecule has 0 aromatic rings. The Morgan fingerprint density at radius 3 is 2.95 bits per heavy atom. The molecule has 3 atom stereocenters. The highest BCUT2D eigenvalue weighted by Gasteiger charge is 2.30. The van der Waals surface area contributed by atoms with Gasteiger partial charge in [-0.15, -0.1) is 0 Å².